The lowest BCUT2D eigenvalue weighted by atomic mass is 10.1. The van der Waals surface area contributed by atoms with Crippen LogP contribution in [0.15, 0.2) is 23.4 Å². The topological polar surface area (TPSA) is 63.6 Å². The molecule has 1 aromatic rings. The van der Waals surface area contributed by atoms with Gasteiger partial charge in [-0.1, -0.05) is 0 Å². The van der Waals surface area contributed by atoms with Crippen LogP contribution in [-0.2, 0) is 0 Å². The van der Waals surface area contributed by atoms with Crippen molar-refractivity contribution in [3.05, 3.63) is 34.2 Å². The smallest absolute Gasteiger partial charge is 0.159 e. The summed E-state index contributed by atoms with van der Waals surface area (Å²) in [6.45, 7) is 1.39. The van der Waals surface area contributed by atoms with E-state index in [1.807, 2.05) is 0 Å². The minimum atomic E-state index is -0.152. The first-order chi connectivity index (χ1) is 6.19. The Labute approximate surface area is 74.5 Å². The van der Waals surface area contributed by atoms with E-state index in [2.05, 4.69) is 5.18 Å². The highest BCUT2D eigenvalue weighted by atomic mass is 16.3. The van der Waals surface area contributed by atoms with Crippen LogP contribution in [0.5, 0.6) is 0 Å². The number of nitroso groups, excluding NO2 is 1. The predicted molar refractivity (Wildman–Crippen MR) is 47.3 cm³/mol. The maximum Gasteiger partial charge on any atom is 0.159 e. The van der Waals surface area contributed by atoms with Gasteiger partial charge in [0.1, 0.15) is 5.69 Å². The van der Waals surface area contributed by atoms with Crippen molar-refractivity contribution in [1.82, 2.24) is 0 Å². The monoisotopic (exact) mass is 177 g/mol. The van der Waals surface area contributed by atoms with Crippen LogP contribution in [0, 0.1) is 4.91 Å². The maximum absolute atomic E-state index is 10.9. The fourth-order valence-electron chi connectivity index (χ4n) is 0.951. The molecule has 0 spiro atoms. The van der Waals surface area contributed by atoms with Crippen molar-refractivity contribution in [3.63, 3.8) is 0 Å². The Hall–Kier alpha value is -1.84. The lowest BCUT2D eigenvalue weighted by Gasteiger charge is -1.97. The summed E-state index contributed by atoms with van der Waals surface area (Å²) >= 11 is 0. The van der Waals surface area contributed by atoms with Gasteiger partial charge in [-0.15, -0.1) is 4.91 Å². The summed E-state index contributed by atoms with van der Waals surface area (Å²) in [5.41, 5.74) is 0.595. The zero-order valence-corrected chi connectivity index (χ0v) is 6.98. The molecule has 0 aliphatic rings. The number of nitrogens with zero attached hydrogens (tertiary/aromatic N) is 1. The van der Waals surface area contributed by atoms with Crippen molar-refractivity contribution in [2.45, 2.75) is 6.92 Å². The molecule has 0 fully saturated rings. The maximum atomic E-state index is 10.9. The zero-order valence-electron chi connectivity index (χ0n) is 6.98. The molecule has 0 atom stereocenters. The molecule has 1 rings (SSSR count). The molecule has 0 unspecified atom stereocenters. The molecule has 0 radical (unpaired) electrons. The quantitative estimate of drug-likeness (QED) is 0.403. The normalized spacial score (nSPS) is 9.31. The summed E-state index contributed by atoms with van der Waals surface area (Å²) in [5.74, 6) is -0.152. The van der Waals surface area contributed by atoms with Crippen LogP contribution >= 0.6 is 0 Å². The Morgan fingerprint density at radius 1 is 1.46 bits per heavy atom. The van der Waals surface area contributed by atoms with Crippen LogP contribution in [0.25, 0.3) is 0 Å². The van der Waals surface area contributed by atoms with E-state index in [-0.39, 0.29) is 17.0 Å². The summed E-state index contributed by atoms with van der Waals surface area (Å²) in [7, 11) is 0. The Kier molecular flexibility index (Phi) is 2.64. The van der Waals surface area contributed by atoms with E-state index in [1.165, 1.54) is 25.1 Å². The summed E-state index contributed by atoms with van der Waals surface area (Å²) < 4.78 is 0. The second kappa shape index (κ2) is 3.71. The van der Waals surface area contributed by atoms with Crippen molar-refractivity contribution in [3.8, 4) is 0 Å². The van der Waals surface area contributed by atoms with Crippen molar-refractivity contribution in [1.29, 1.82) is 0 Å². The number of hydrogen-bond acceptors (Lipinski definition) is 4. The number of aldehydes is 1. The molecule has 0 aliphatic heterocycles. The molecule has 0 bridgehead atoms. The van der Waals surface area contributed by atoms with Gasteiger partial charge in [0.15, 0.2) is 12.1 Å². The first kappa shape index (κ1) is 9.25. The predicted octanol–water partition coefficient (Wildman–Crippen LogP) is 2.10. The van der Waals surface area contributed by atoms with Gasteiger partial charge in [0.25, 0.3) is 0 Å². The average molecular weight is 177 g/mol. The Morgan fingerprint density at radius 3 is 2.62 bits per heavy atom. The summed E-state index contributed by atoms with van der Waals surface area (Å²) in [6.07, 6.45) is 0.503. The Balaban J connectivity index is 3.28. The zero-order chi connectivity index (χ0) is 9.84. The lowest BCUT2D eigenvalue weighted by Crippen LogP contribution is -1.93. The number of rotatable bonds is 3. The van der Waals surface area contributed by atoms with Crippen molar-refractivity contribution >= 4 is 17.8 Å². The minimum absolute atomic E-state index is 0.0556. The third-order valence-corrected chi connectivity index (χ3v) is 1.66. The third-order valence-electron chi connectivity index (χ3n) is 1.66. The van der Waals surface area contributed by atoms with E-state index in [4.69, 9.17) is 0 Å². The van der Waals surface area contributed by atoms with Gasteiger partial charge in [-0.05, 0) is 30.3 Å². The molecule has 0 aromatic heterocycles. The highest BCUT2D eigenvalue weighted by Crippen LogP contribution is 2.18. The molecular formula is C9H7NO3. The molecule has 4 nitrogen and oxygen atoms in total. The van der Waals surface area contributed by atoms with Crippen LogP contribution in [-0.4, -0.2) is 12.1 Å². The molecule has 0 heterocycles. The van der Waals surface area contributed by atoms with Crippen LogP contribution in [0.4, 0.5) is 5.69 Å². The van der Waals surface area contributed by atoms with Gasteiger partial charge in [-0.2, -0.15) is 0 Å². The summed E-state index contributed by atoms with van der Waals surface area (Å²) in [4.78, 5) is 31.5. The van der Waals surface area contributed by atoms with Gasteiger partial charge in [0.05, 0.1) is 0 Å². The van der Waals surface area contributed by atoms with E-state index < -0.39 is 0 Å². The first-order valence-corrected chi connectivity index (χ1v) is 3.62. The van der Waals surface area contributed by atoms with Gasteiger partial charge < -0.3 is 0 Å². The number of Topliss-reactive ketones (excluding diaryl/α,β-unsaturated/α-hetero) is 1. The summed E-state index contributed by atoms with van der Waals surface area (Å²) in [6, 6.07) is 4.17. The highest BCUT2D eigenvalue weighted by Gasteiger charge is 2.05. The van der Waals surface area contributed by atoms with Crippen molar-refractivity contribution < 1.29 is 9.59 Å². The van der Waals surface area contributed by atoms with Crippen molar-refractivity contribution in [2.24, 2.45) is 5.18 Å². The van der Waals surface area contributed by atoms with Crippen LogP contribution < -0.4 is 0 Å². The largest absolute Gasteiger partial charge is 0.298 e. The molecule has 0 aliphatic carbocycles. The highest BCUT2D eigenvalue weighted by molar-refractivity contribution is 5.97. The average Bonchev–Trinajstić information content (AvgIpc) is 2.16. The van der Waals surface area contributed by atoms with Gasteiger partial charge in [0, 0.05) is 11.1 Å². The minimum Gasteiger partial charge on any atom is -0.298 e. The van der Waals surface area contributed by atoms with Gasteiger partial charge in [-0.3, -0.25) is 9.59 Å². The van der Waals surface area contributed by atoms with Crippen LogP contribution in [0.3, 0.4) is 0 Å². The second-order valence-corrected chi connectivity index (χ2v) is 2.54. The fourth-order valence-corrected chi connectivity index (χ4v) is 0.951. The Bertz CT molecular complexity index is 371. The number of ketones is 1. The number of hydrogen-bond donors (Lipinski definition) is 0. The van der Waals surface area contributed by atoms with Gasteiger partial charge >= 0.3 is 0 Å². The lowest BCUT2D eigenvalue weighted by molar-refractivity contribution is 0.101. The van der Waals surface area contributed by atoms with E-state index in [0.717, 1.165) is 0 Å². The Morgan fingerprint density at radius 2 is 2.15 bits per heavy atom. The number of carbonyl (C=O) groups excluding carboxylic acids is 2. The number of benzene rings is 1. The van der Waals surface area contributed by atoms with Gasteiger partial charge in [0.2, 0.25) is 0 Å². The SMILES string of the molecule is CC(=O)c1ccc(N=O)c(C=O)c1. The molecule has 0 N–H and O–H groups in total. The van der Waals surface area contributed by atoms with Gasteiger partial charge in [-0.25, -0.2) is 0 Å². The molecule has 1 aromatic carbocycles. The fraction of sp³-hybridized carbons (Fsp3) is 0.111. The number of carbonyl (C=O) groups is 2. The van der Waals surface area contributed by atoms with Crippen LogP contribution in [0.2, 0.25) is 0 Å². The van der Waals surface area contributed by atoms with E-state index in [9.17, 15) is 14.5 Å². The molecule has 13 heavy (non-hydrogen) atoms. The van der Waals surface area contributed by atoms with Crippen LogP contribution in [0.1, 0.15) is 27.6 Å². The first-order valence-electron chi connectivity index (χ1n) is 3.62. The molecule has 0 saturated heterocycles. The third kappa shape index (κ3) is 1.84. The van der Waals surface area contributed by atoms with E-state index in [0.29, 0.717) is 11.8 Å². The standard InChI is InChI=1S/C9H7NO3/c1-6(12)7-2-3-9(10-13)8(4-7)5-11/h2-5H,1H3. The second-order valence-electron chi connectivity index (χ2n) is 2.54. The van der Waals surface area contributed by atoms with E-state index >= 15 is 0 Å². The molecule has 66 valence electrons. The molecule has 0 amide bonds. The van der Waals surface area contributed by atoms with E-state index in [1.54, 1.807) is 0 Å². The van der Waals surface area contributed by atoms with Crippen molar-refractivity contribution in [2.75, 3.05) is 0 Å². The summed E-state index contributed by atoms with van der Waals surface area (Å²) in [5, 5.41) is 2.65. The molecular weight excluding hydrogens is 170 g/mol. The molecule has 0 saturated carbocycles. The molecule has 4 heteroatoms.